The third-order valence-corrected chi connectivity index (χ3v) is 9.41. The van der Waals surface area contributed by atoms with Crippen LogP contribution in [0.4, 0.5) is 0 Å². The van der Waals surface area contributed by atoms with E-state index in [1.165, 1.54) is 38.5 Å². The fourth-order valence-electron chi connectivity index (χ4n) is 5.81. The largest absolute Gasteiger partial charge is 0.441 e. The van der Waals surface area contributed by atoms with E-state index in [2.05, 4.69) is 17.2 Å². The second kappa shape index (κ2) is 8.26. The number of hydrogen-bond acceptors (Lipinski definition) is 5. The monoisotopic (exact) mass is 470 g/mol. The van der Waals surface area contributed by atoms with E-state index in [1.807, 2.05) is 31.2 Å². The number of aromatic nitrogens is 1. The van der Waals surface area contributed by atoms with Crippen molar-refractivity contribution in [2.45, 2.75) is 71.1 Å². The van der Waals surface area contributed by atoms with Crippen molar-refractivity contribution in [2.75, 3.05) is 5.75 Å². The number of carbonyl (C=O) groups excluding carboxylic acids is 1. The van der Waals surface area contributed by atoms with E-state index < -0.39 is 21.5 Å². The van der Waals surface area contributed by atoms with E-state index in [-0.39, 0.29) is 17.2 Å². The van der Waals surface area contributed by atoms with Crippen LogP contribution in [0, 0.1) is 37.0 Å². The summed E-state index contributed by atoms with van der Waals surface area (Å²) in [5.74, 6) is 2.09. The minimum Gasteiger partial charge on any atom is -0.441 e. The van der Waals surface area contributed by atoms with Crippen LogP contribution in [0.15, 0.2) is 28.7 Å². The van der Waals surface area contributed by atoms with E-state index in [0.29, 0.717) is 17.3 Å². The van der Waals surface area contributed by atoms with Gasteiger partial charge in [-0.05, 0) is 81.8 Å². The van der Waals surface area contributed by atoms with Crippen LogP contribution in [0.5, 0.6) is 0 Å². The Morgan fingerprint density at radius 1 is 1.18 bits per heavy atom. The molecule has 0 spiro atoms. The van der Waals surface area contributed by atoms with Gasteiger partial charge in [0.1, 0.15) is 11.5 Å². The van der Waals surface area contributed by atoms with Gasteiger partial charge in [-0.15, -0.1) is 0 Å². The predicted molar refractivity (Wildman–Crippen MR) is 127 cm³/mol. The standard InChI is InChI=1S/C26H34N2O4S/c1-16-4-8-20(9-5-16)25-28-23(17(2)32-25)14-33(30,31)15-24(29)27-18(3)26(11-19-6-7-19)12-21-10-22(21)13-26/h4-5,8-9,18-19,21-22H,6-7,10-15H2,1-3H3,(H,27,29). The van der Waals surface area contributed by atoms with Crippen molar-refractivity contribution < 1.29 is 17.6 Å². The van der Waals surface area contributed by atoms with Crippen molar-refractivity contribution in [1.29, 1.82) is 0 Å². The topological polar surface area (TPSA) is 89.3 Å². The molecule has 3 fully saturated rings. The molecule has 0 aliphatic heterocycles. The van der Waals surface area contributed by atoms with Gasteiger partial charge in [0.25, 0.3) is 0 Å². The van der Waals surface area contributed by atoms with Crippen molar-refractivity contribution in [3.63, 3.8) is 0 Å². The molecule has 3 aliphatic carbocycles. The lowest BCUT2D eigenvalue weighted by Crippen LogP contribution is -2.47. The maximum atomic E-state index is 12.8. The molecule has 1 N–H and O–H groups in total. The minimum absolute atomic E-state index is 0.00975. The fraction of sp³-hybridized carbons (Fsp3) is 0.615. The molecule has 5 rings (SSSR count). The number of carbonyl (C=O) groups is 1. The van der Waals surface area contributed by atoms with Gasteiger partial charge in [-0.2, -0.15) is 0 Å². The van der Waals surface area contributed by atoms with Gasteiger partial charge < -0.3 is 9.73 Å². The number of aryl methyl sites for hydroxylation is 2. The summed E-state index contributed by atoms with van der Waals surface area (Å²) in [6.45, 7) is 5.79. The normalized spacial score (nSPS) is 27.2. The zero-order valence-corrected chi connectivity index (χ0v) is 20.6. The molecule has 3 saturated carbocycles. The maximum Gasteiger partial charge on any atom is 0.235 e. The molecule has 1 aromatic carbocycles. The number of nitrogens with one attached hydrogen (secondary N) is 1. The Morgan fingerprint density at radius 3 is 2.48 bits per heavy atom. The summed E-state index contributed by atoms with van der Waals surface area (Å²) in [6, 6.07) is 7.73. The lowest BCUT2D eigenvalue weighted by Gasteiger charge is -2.38. The van der Waals surface area contributed by atoms with E-state index in [9.17, 15) is 13.2 Å². The van der Waals surface area contributed by atoms with Crippen molar-refractivity contribution in [3.8, 4) is 11.5 Å². The summed E-state index contributed by atoms with van der Waals surface area (Å²) in [5, 5.41) is 3.07. The van der Waals surface area contributed by atoms with Gasteiger partial charge in [0, 0.05) is 11.6 Å². The summed E-state index contributed by atoms with van der Waals surface area (Å²) in [6.07, 6.45) is 7.48. The number of oxazole rings is 1. The summed E-state index contributed by atoms with van der Waals surface area (Å²) in [5.41, 5.74) is 2.44. The third kappa shape index (κ3) is 5.03. The van der Waals surface area contributed by atoms with E-state index in [0.717, 1.165) is 28.9 Å². The lowest BCUT2D eigenvalue weighted by molar-refractivity contribution is -0.120. The Hall–Kier alpha value is -2.15. The van der Waals surface area contributed by atoms with Crippen LogP contribution in [0.2, 0.25) is 0 Å². The molecule has 1 heterocycles. The second-order valence-corrected chi connectivity index (χ2v) is 12.9. The number of sulfone groups is 1. The van der Waals surface area contributed by atoms with Crippen LogP contribution in [0.1, 0.15) is 62.5 Å². The first-order valence-electron chi connectivity index (χ1n) is 12.2. The van der Waals surface area contributed by atoms with Crippen LogP contribution < -0.4 is 5.32 Å². The molecule has 1 amide bonds. The van der Waals surface area contributed by atoms with Gasteiger partial charge in [0.05, 0.1) is 11.4 Å². The summed E-state index contributed by atoms with van der Waals surface area (Å²) < 4.78 is 31.4. The molecule has 3 unspecified atom stereocenters. The quantitative estimate of drug-likeness (QED) is 0.579. The molecular weight excluding hydrogens is 436 g/mol. The van der Waals surface area contributed by atoms with Crippen LogP contribution in [-0.4, -0.2) is 31.1 Å². The molecule has 1 aromatic heterocycles. The molecule has 0 radical (unpaired) electrons. The minimum atomic E-state index is -3.67. The molecule has 6 nitrogen and oxygen atoms in total. The van der Waals surface area contributed by atoms with Crippen molar-refractivity contribution in [3.05, 3.63) is 41.3 Å². The molecular formula is C26H34N2O4S. The highest BCUT2D eigenvalue weighted by molar-refractivity contribution is 7.91. The van der Waals surface area contributed by atoms with Gasteiger partial charge in [0.15, 0.2) is 9.84 Å². The van der Waals surface area contributed by atoms with Crippen LogP contribution in [-0.2, 0) is 20.4 Å². The van der Waals surface area contributed by atoms with Crippen LogP contribution >= 0.6 is 0 Å². The maximum absolute atomic E-state index is 12.8. The Morgan fingerprint density at radius 2 is 1.85 bits per heavy atom. The highest BCUT2D eigenvalue weighted by Crippen LogP contribution is 2.64. The number of nitrogens with zero attached hydrogens (tertiary/aromatic N) is 1. The number of rotatable bonds is 9. The number of amides is 1. The number of fused-ring (bicyclic) bond motifs is 1. The Balaban J connectivity index is 1.22. The second-order valence-electron chi connectivity index (χ2n) is 10.9. The van der Waals surface area contributed by atoms with Gasteiger partial charge in [-0.3, -0.25) is 4.79 Å². The smallest absolute Gasteiger partial charge is 0.235 e. The van der Waals surface area contributed by atoms with E-state index in [4.69, 9.17) is 4.42 Å². The molecule has 7 heteroatoms. The van der Waals surface area contributed by atoms with Crippen molar-refractivity contribution in [2.24, 2.45) is 23.2 Å². The first-order valence-corrected chi connectivity index (χ1v) is 14.0. The Kier molecular flexibility index (Phi) is 5.66. The van der Waals surface area contributed by atoms with E-state index in [1.54, 1.807) is 6.92 Å². The van der Waals surface area contributed by atoms with Crippen molar-refractivity contribution >= 4 is 15.7 Å². The number of benzene rings is 1. The predicted octanol–water partition coefficient (Wildman–Crippen LogP) is 4.59. The average Bonchev–Trinajstić information content (AvgIpc) is 3.63. The van der Waals surface area contributed by atoms with Gasteiger partial charge >= 0.3 is 0 Å². The molecule has 178 valence electrons. The summed E-state index contributed by atoms with van der Waals surface area (Å²) in [4.78, 5) is 17.2. The molecule has 3 atom stereocenters. The van der Waals surface area contributed by atoms with E-state index >= 15 is 0 Å². The summed E-state index contributed by atoms with van der Waals surface area (Å²) >= 11 is 0. The molecule has 0 bridgehead atoms. The first kappa shape index (κ1) is 22.6. The zero-order chi connectivity index (χ0) is 23.4. The number of hydrogen-bond donors (Lipinski definition) is 1. The zero-order valence-electron chi connectivity index (χ0n) is 19.8. The first-order chi connectivity index (χ1) is 15.6. The average molecular weight is 471 g/mol. The SMILES string of the molecule is Cc1ccc(-c2nc(CS(=O)(=O)CC(=O)NC(C)C3(CC4CC4)CC4CC4C3)c(C)o2)cc1. The van der Waals surface area contributed by atoms with Crippen LogP contribution in [0.3, 0.4) is 0 Å². The molecule has 33 heavy (non-hydrogen) atoms. The van der Waals surface area contributed by atoms with Crippen LogP contribution in [0.25, 0.3) is 11.5 Å². The van der Waals surface area contributed by atoms with Gasteiger partial charge in [-0.1, -0.05) is 30.5 Å². The van der Waals surface area contributed by atoms with Gasteiger partial charge in [-0.25, -0.2) is 13.4 Å². The van der Waals surface area contributed by atoms with Gasteiger partial charge in [0.2, 0.25) is 11.8 Å². The van der Waals surface area contributed by atoms with Crippen molar-refractivity contribution in [1.82, 2.24) is 10.3 Å². The lowest BCUT2D eigenvalue weighted by atomic mass is 9.72. The Bertz CT molecular complexity index is 1140. The third-order valence-electron chi connectivity index (χ3n) is 7.99. The Labute approximate surface area is 196 Å². The summed E-state index contributed by atoms with van der Waals surface area (Å²) in [7, 11) is -3.67. The highest BCUT2D eigenvalue weighted by Gasteiger charge is 2.57. The molecule has 0 saturated heterocycles. The fourth-order valence-corrected chi connectivity index (χ4v) is 7.08. The molecule has 2 aromatic rings. The highest BCUT2D eigenvalue weighted by atomic mass is 32.2. The molecule has 3 aliphatic rings.